The highest BCUT2D eigenvalue weighted by atomic mass is 32.2. The number of hydrogen-bond acceptors (Lipinski definition) is 4. The Hall–Kier alpha value is -1.44. The summed E-state index contributed by atoms with van der Waals surface area (Å²) in [5.41, 5.74) is 0.449. The van der Waals surface area contributed by atoms with Crippen molar-refractivity contribution in [2.75, 3.05) is 26.1 Å². The molecule has 1 aromatic carbocycles. The van der Waals surface area contributed by atoms with Gasteiger partial charge >= 0.3 is 0 Å². The molecular formula is C16H24N2O4S. The Kier molecular flexibility index (Phi) is 6.15. The second kappa shape index (κ2) is 7.90. The Labute approximate surface area is 137 Å². The van der Waals surface area contributed by atoms with E-state index in [1.54, 1.807) is 25.2 Å². The van der Waals surface area contributed by atoms with E-state index in [1.807, 2.05) is 0 Å². The Morgan fingerprint density at radius 1 is 1.30 bits per heavy atom. The maximum atomic E-state index is 12.8. The van der Waals surface area contributed by atoms with Crippen molar-refractivity contribution in [2.24, 2.45) is 0 Å². The predicted molar refractivity (Wildman–Crippen MR) is 88.8 cm³/mol. The number of carbonyl (C=O) groups is 1. The third-order valence-electron chi connectivity index (χ3n) is 4.16. The third-order valence-corrected chi connectivity index (χ3v) is 6.07. The zero-order valence-corrected chi connectivity index (χ0v) is 14.4. The fraction of sp³-hybridized carbons (Fsp3) is 0.562. The average Bonchev–Trinajstić information content (AvgIpc) is 2.55. The SMILES string of the molecule is COCC(=O)Nc1cccc(S(=O)(=O)N(C)C2CCCCC2)c1. The van der Waals surface area contributed by atoms with Gasteiger partial charge < -0.3 is 10.1 Å². The normalized spacial score (nSPS) is 16.5. The first-order chi connectivity index (χ1) is 10.9. The fourth-order valence-corrected chi connectivity index (χ4v) is 4.33. The van der Waals surface area contributed by atoms with Gasteiger partial charge in [-0.2, -0.15) is 4.31 Å². The molecule has 0 bridgehead atoms. The van der Waals surface area contributed by atoms with Crippen LogP contribution in [0.1, 0.15) is 32.1 Å². The summed E-state index contributed by atoms with van der Waals surface area (Å²) in [6, 6.07) is 6.39. The molecule has 0 unspecified atom stereocenters. The van der Waals surface area contributed by atoms with Gasteiger partial charge in [0.2, 0.25) is 15.9 Å². The van der Waals surface area contributed by atoms with Crippen LogP contribution in [0.25, 0.3) is 0 Å². The summed E-state index contributed by atoms with van der Waals surface area (Å²) < 4.78 is 31.8. The van der Waals surface area contributed by atoms with Crippen LogP contribution in [0, 0.1) is 0 Å². The van der Waals surface area contributed by atoms with Crippen LogP contribution in [0.2, 0.25) is 0 Å². The Morgan fingerprint density at radius 3 is 2.65 bits per heavy atom. The molecule has 1 aromatic rings. The van der Waals surface area contributed by atoms with Crippen molar-refractivity contribution in [3.63, 3.8) is 0 Å². The standard InChI is InChI=1S/C16H24N2O4S/c1-18(14-8-4-3-5-9-14)23(20,21)15-10-6-7-13(11-15)17-16(19)12-22-2/h6-7,10-11,14H,3-5,8-9,12H2,1-2H3,(H,17,19). The van der Waals surface area contributed by atoms with Crippen molar-refractivity contribution in [3.05, 3.63) is 24.3 Å². The summed E-state index contributed by atoms with van der Waals surface area (Å²) in [6.07, 6.45) is 5.11. The number of anilines is 1. The Morgan fingerprint density at radius 2 is 2.00 bits per heavy atom. The largest absolute Gasteiger partial charge is 0.375 e. The molecule has 0 aliphatic heterocycles. The predicted octanol–water partition coefficient (Wildman–Crippen LogP) is 2.22. The molecule has 0 heterocycles. The number of benzene rings is 1. The van der Waals surface area contributed by atoms with Crippen molar-refractivity contribution in [2.45, 2.75) is 43.0 Å². The van der Waals surface area contributed by atoms with E-state index in [0.717, 1.165) is 25.7 Å². The first-order valence-corrected chi connectivity index (χ1v) is 9.26. The van der Waals surface area contributed by atoms with Crippen molar-refractivity contribution in [1.29, 1.82) is 0 Å². The number of hydrogen-bond donors (Lipinski definition) is 1. The Bertz CT molecular complexity index is 639. The number of carbonyl (C=O) groups excluding carboxylic acids is 1. The molecule has 1 saturated carbocycles. The van der Waals surface area contributed by atoms with E-state index < -0.39 is 10.0 Å². The van der Waals surface area contributed by atoms with Gasteiger partial charge in [0.1, 0.15) is 6.61 Å². The average molecular weight is 340 g/mol. The maximum absolute atomic E-state index is 12.8. The molecule has 23 heavy (non-hydrogen) atoms. The molecule has 2 rings (SSSR count). The summed E-state index contributed by atoms with van der Waals surface area (Å²) in [6.45, 7) is -0.0705. The summed E-state index contributed by atoms with van der Waals surface area (Å²) >= 11 is 0. The van der Waals surface area contributed by atoms with E-state index in [-0.39, 0.29) is 23.5 Å². The van der Waals surface area contributed by atoms with Gasteiger partial charge in [0.15, 0.2) is 0 Å². The van der Waals surface area contributed by atoms with E-state index in [1.165, 1.54) is 23.9 Å². The summed E-state index contributed by atoms with van der Waals surface area (Å²) in [5.74, 6) is -0.317. The highest BCUT2D eigenvalue weighted by Gasteiger charge is 2.29. The molecule has 0 saturated heterocycles. The molecule has 0 aromatic heterocycles. The molecular weight excluding hydrogens is 316 g/mol. The second-order valence-corrected chi connectivity index (χ2v) is 7.82. The minimum atomic E-state index is -3.56. The van der Waals surface area contributed by atoms with Crippen LogP contribution in [0.4, 0.5) is 5.69 Å². The molecule has 0 spiro atoms. The van der Waals surface area contributed by atoms with Gasteiger partial charge in [0.25, 0.3) is 0 Å². The van der Waals surface area contributed by atoms with Gasteiger partial charge in [0.05, 0.1) is 4.90 Å². The van der Waals surface area contributed by atoms with Gasteiger partial charge in [-0.15, -0.1) is 0 Å². The highest BCUT2D eigenvalue weighted by Crippen LogP contribution is 2.27. The second-order valence-electron chi connectivity index (χ2n) is 5.82. The van der Waals surface area contributed by atoms with E-state index in [4.69, 9.17) is 4.74 Å². The van der Waals surface area contributed by atoms with Gasteiger partial charge in [-0.25, -0.2) is 8.42 Å². The number of rotatable bonds is 6. The monoisotopic (exact) mass is 340 g/mol. The maximum Gasteiger partial charge on any atom is 0.250 e. The smallest absolute Gasteiger partial charge is 0.250 e. The molecule has 1 fully saturated rings. The van der Waals surface area contributed by atoms with Crippen LogP contribution in [0.15, 0.2) is 29.2 Å². The zero-order chi connectivity index (χ0) is 16.9. The van der Waals surface area contributed by atoms with E-state index in [9.17, 15) is 13.2 Å². The topological polar surface area (TPSA) is 75.7 Å². The molecule has 1 N–H and O–H groups in total. The van der Waals surface area contributed by atoms with Crippen LogP contribution in [0.3, 0.4) is 0 Å². The summed E-state index contributed by atoms with van der Waals surface area (Å²) in [5, 5.41) is 2.63. The van der Waals surface area contributed by atoms with E-state index in [2.05, 4.69) is 5.32 Å². The number of ether oxygens (including phenoxy) is 1. The molecule has 0 atom stereocenters. The van der Waals surface area contributed by atoms with Gasteiger partial charge in [-0.05, 0) is 31.0 Å². The fourth-order valence-electron chi connectivity index (χ4n) is 2.87. The van der Waals surface area contributed by atoms with Crippen molar-refractivity contribution in [3.8, 4) is 0 Å². The highest BCUT2D eigenvalue weighted by molar-refractivity contribution is 7.89. The van der Waals surface area contributed by atoms with E-state index >= 15 is 0 Å². The zero-order valence-electron chi connectivity index (χ0n) is 13.6. The van der Waals surface area contributed by atoms with E-state index in [0.29, 0.717) is 5.69 Å². The molecule has 1 amide bonds. The lowest BCUT2D eigenvalue weighted by molar-refractivity contribution is -0.119. The van der Waals surface area contributed by atoms with Crippen LogP contribution >= 0.6 is 0 Å². The molecule has 128 valence electrons. The van der Waals surface area contributed by atoms with Crippen molar-refractivity contribution < 1.29 is 17.9 Å². The molecule has 1 aliphatic carbocycles. The minimum absolute atomic E-state index is 0.0560. The quantitative estimate of drug-likeness (QED) is 0.861. The first kappa shape index (κ1) is 17.9. The third kappa shape index (κ3) is 4.53. The van der Waals surface area contributed by atoms with Crippen LogP contribution in [-0.2, 0) is 19.6 Å². The minimum Gasteiger partial charge on any atom is -0.375 e. The summed E-state index contributed by atoms with van der Waals surface area (Å²) in [4.78, 5) is 11.8. The molecule has 1 aliphatic rings. The van der Waals surface area contributed by atoms with Crippen molar-refractivity contribution in [1.82, 2.24) is 4.31 Å². The first-order valence-electron chi connectivity index (χ1n) is 7.82. The van der Waals surface area contributed by atoms with Gasteiger partial charge in [-0.3, -0.25) is 4.79 Å². The lowest BCUT2D eigenvalue weighted by atomic mass is 9.96. The summed E-state index contributed by atoms with van der Waals surface area (Å²) in [7, 11) is -0.488. The number of amides is 1. The lowest BCUT2D eigenvalue weighted by Gasteiger charge is -2.30. The number of sulfonamides is 1. The number of methoxy groups -OCH3 is 1. The van der Waals surface area contributed by atoms with Gasteiger partial charge in [-0.1, -0.05) is 25.3 Å². The molecule has 0 radical (unpaired) electrons. The Balaban J connectivity index is 2.17. The molecule has 7 heteroatoms. The number of nitrogens with zero attached hydrogens (tertiary/aromatic N) is 1. The van der Waals surface area contributed by atoms with Crippen LogP contribution in [0.5, 0.6) is 0 Å². The molecule has 6 nitrogen and oxygen atoms in total. The van der Waals surface area contributed by atoms with Crippen LogP contribution in [-0.4, -0.2) is 45.4 Å². The van der Waals surface area contributed by atoms with Crippen LogP contribution < -0.4 is 5.32 Å². The van der Waals surface area contributed by atoms with Gasteiger partial charge in [0, 0.05) is 25.9 Å². The number of nitrogens with one attached hydrogen (secondary N) is 1. The lowest BCUT2D eigenvalue weighted by Crippen LogP contribution is -2.38. The van der Waals surface area contributed by atoms with Crippen molar-refractivity contribution >= 4 is 21.6 Å².